The summed E-state index contributed by atoms with van der Waals surface area (Å²) in [5, 5.41) is 11.6. The molecule has 0 aromatic heterocycles. The van der Waals surface area contributed by atoms with Crippen LogP contribution < -0.4 is 11.1 Å². The molecule has 4 N–H and O–H groups in total. The minimum Gasteiger partial charge on any atom is -0.481 e. The first kappa shape index (κ1) is 15.0. The van der Waals surface area contributed by atoms with Crippen LogP contribution in [0.1, 0.15) is 36.0 Å². The van der Waals surface area contributed by atoms with Crippen LogP contribution in [0.3, 0.4) is 0 Å². The topological polar surface area (TPSA) is 109 Å². The van der Waals surface area contributed by atoms with Crippen LogP contribution in [0, 0.1) is 11.2 Å². The minimum atomic E-state index is -1.00. The maximum atomic E-state index is 13.3. The summed E-state index contributed by atoms with van der Waals surface area (Å²) in [5.74, 6) is -3.19. The largest absolute Gasteiger partial charge is 0.481 e. The number of primary amides is 1. The molecule has 1 aromatic rings. The van der Waals surface area contributed by atoms with E-state index in [0.717, 1.165) is 18.6 Å². The van der Waals surface area contributed by atoms with Gasteiger partial charge < -0.3 is 16.2 Å². The van der Waals surface area contributed by atoms with E-state index in [0.29, 0.717) is 12.8 Å². The third-order valence-electron chi connectivity index (χ3n) is 3.78. The number of amides is 2. The van der Waals surface area contributed by atoms with Gasteiger partial charge in [-0.2, -0.15) is 0 Å². The molecule has 7 heteroatoms. The Labute approximate surface area is 120 Å². The Bertz CT molecular complexity index is 611. The van der Waals surface area contributed by atoms with Gasteiger partial charge in [0, 0.05) is 12.1 Å². The molecule has 0 bridgehead atoms. The Balaban J connectivity index is 2.08. The summed E-state index contributed by atoms with van der Waals surface area (Å²) in [6.07, 6.45) is 1.56. The SMILES string of the molecule is NC(=O)c1cc(NC(=O)CC2(C(=O)O)CCC2)ccc1F. The van der Waals surface area contributed by atoms with E-state index in [-0.39, 0.29) is 17.7 Å². The average molecular weight is 294 g/mol. The number of aliphatic carboxylic acids is 1. The molecule has 1 saturated carbocycles. The van der Waals surface area contributed by atoms with Crippen LogP contribution in [0.2, 0.25) is 0 Å². The molecular weight excluding hydrogens is 279 g/mol. The number of nitrogens with one attached hydrogen (secondary N) is 1. The molecular formula is C14H15FN2O4. The molecule has 6 nitrogen and oxygen atoms in total. The molecule has 2 rings (SSSR count). The fourth-order valence-electron chi connectivity index (χ4n) is 2.37. The second kappa shape index (κ2) is 5.51. The zero-order valence-electron chi connectivity index (χ0n) is 11.2. The van der Waals surface area contributed by atoms with Crippen molar-refractivity contribution in [3.63, 3.8) is 0 Å². The van der Waals surface area contributed by atoms with Crippen molar-refractivity contribution in [1.29, 1.82) is 0 Å². The van der Waals surface area contributed by atoms with Crippen LogP contribution in [-0.2, 0) is 9.59 Å². The Morgan fingerprint density at radius 1 is 1.33 bits per heavy atom. The monoisotopic (exact) mass is 294 g/mol. The standard InChI is InChI=1S/C14H15FN2O4/c15-10-3-2-8(6-9(10)12(16)19)17-11(18)7-14(13(20)21)4-1-5-14/h2-3,6H,1,4-5,7H2,(H2,16,19)(H,17,18)(H,20,21). The van der Waals surface area contributed by atoms with Gasteiger partial charge in [-0.25, -0.2) is 4.39 Å². The number of rotatable bonds is 5. The zero-order valence-corrected chi connectivity index (χ0v) is 11.2. The van der Waals surface area contributed by atoms with Crippen molar-refractivity contribution < 1.29 is 23.9 Å². The lowest BCUT2D eigenvalue weighted by Gasteiger charge is -2.36. The number of carboxylic acids is 1. The first-order valence-corrected chi connectivity index (χ1v) is 6.47. The summed E-state index contributed by atoms with van der Waals surface area (Å²) in [6, 6.07) is 3.43. The predicted molar refractivity (Wildman–Crippen MR) is 72.1 cm³/mol. The maximum absolute atomic E-state index is 13.3. The van der Waals surface area contributed by atoms with Gasteiger partial charge in [0.25, 0.3) is 5.91 Å². The smallest absolute Gasteiger partial charge is 0.310 e. The lowest BCUT2D eigenvalue weighted by Crippen LogP contribution is -2.41. The molecule has 1 aliphatic rings. The molecule has 0 aliphatic heterocycles. The number of anilines is 1. The number of benzene rings is 1. The van der Waals surface area contributed by atoms with Crippen molar-refractivity contribution in [1.82, 2.24) is 0 Å². The molecule has 1 aromatic carbocycles. The fourth-order valence-corrected chi connectivity index (χ4v) is 2.37. The third-order valence-corrected chi connectivity index (χ3v) is 3.78. The minimum absolute atomic E-state index is 0.147. The van der Waals surface area contributed by atoms with Gasteiger partial charge >= 0.3 is 5.97 Å². The van der Waals surface area contributed by atoms with Crippen LogP contribution >= 0.6 is 0 Å². The summed E-state index contributed by atoms with van der Waals surface area (Å²) >= 11 is 0. The Hall–Kier alpha value is -2.44. The second-order valence-electron chi connectivity index (χ2n) is 5.22. The predicted octanol–water partition coefficient (Wildman–Crippen LogP) is 1.51. The van der Waals surface area contributed by atoms with Crippen LogP contribution in [0.15, 0.2) is 18.2 Å². The maximum Gasteiger partial charge on any atom is 0.310 e. The third kappa shape index (κ3) is 3.01. The highest BCUT2D eigenvalue weighted by atomic mass is 19.1. The lowest BCUT2D eigenvalue weighted by atomic mass is 9.66. The number of carbonyl (C=O) groups excluding carboxylic acids is 2. The van der Waals surface area contributed by atoms with E-state index in [1.165, 1.54) is 6.07 Å². The number of halogens is 1. The summed E-state index contributed by atoms with van der Waals surface area (Å²) < 4.78 is 13.3. The van der Waals surface area contributed by atoms with Crippen LogP contribution in [0.5, 0.6) is 0 Å². The van der Waals surface area contributed by atoms with Crippen molar-refractivity contribution in [3.05, 3.63) is 29.6 Å². The van der Waals surface area contributed by atoms with E-state index in [1.807, 2.05) is 0 Å². The van der Waals surface area contributed by atoms with Crippen molar-refractivity contribution in [3.8, 4) is 0 Å². The quantitative estimate of drug-likeness (QED) is 0.764. The number of carboxylic acid groups (broad SMARTS) is 1. The molecule has 1 aliphatic carbocycles. The van der Waals surface area contributed by atoms with E-state index in [1.54, 1.807) is 0 Å². The molecule has 2 amide bonds. The molecule has 0 heterocycles. The van der Waals surface area contributed by atoms with Gasteiger partial charge in [0.05, 0.1) is 11.0 Å². The molecule has 0 radical (unpaired) electrons. The van der Waals surface area contributed by atoms with Crippen molar-refractivity contribution in [2.45, 2.75) is 25.7 Å². The number of carbonyl (C=O) groups is 3. The first-order chi connectivity index (χ1) is 9.84. The molecule has 0 atom stereocenters. The Morgan fingerprint density at radius 3 is 2.48 bits per heavy atom. The van der Waals surface area contributed by atoms with Gasteiger partial charge in [0.1, 0.15) is 5.82 Å². The van der Waals surface area contributed by atoms with Crippen LogP contribution in [0.4, 0.5) is 10.1 Å². The summed E-state index contributed by atoms with van der Waals surface area (Å²) in [6.45, 7) is 0. The van der Waals surface area contributed by atoms with Gasteiger partial charge in [-0.1, -0.05) is 6.42 Å². The molecule has 1 fully saturated rings. The van der Waals surface area contributed by atoms with Crippen molar-refractivity contribution in [2.24, 2.45) is 11.1 Å². The molecule has 0 saturated heterocycles. The van der Waals surface area contributed by atoms with Gasteiger partial charge in [-0.05, 0) is 31.0 Å². The van der Waals surface area contributed by atoms with Crippen molar-refractivity contribution in [2.75, 3.05) is 5.32 Å². The number of hydrogen-bond acceptors (Lipinski definition) is 3. The summed E-state index contributed by atoms with van der Waals surface area (Å²) in [4.78, 5) is 34.1. The normalized spacial score (nSPS) is 15.9. The number of hydrogen-bond donors (Lipinski definition) is 3. The van der Waals surface area contributed by atoms with Gasteiger partial charge in [-0.15, -0.1) is 0 Å². The fraction of sp³-hybridized carbons (Fsp3) is 0.357. The lowest BCUT2D eigenvalue weighted by molar-refractivity contribution is -0.157. The molecule has 0 unspecified atom stereocenters. The van der Waals surface area contributed by atoms with E-state index in [4.69, 9.17) is 10.8 Å². The van der Waals surface area contributed by atoms with Crippen LogP contribution in [0.25, 0.3) is 0 Å². The zero-order chi connectivity index (χ0) is 15.6. The average Bonchev–Trinajstić information content (AvgIpc) is 2.35. The van der Waals surface area contributed by atoms with E-state index < -0.39 is 29.0 Å². The Morgan fingerprint density at radius 2 is 2.00 bits per heavy atom. The second-order valence-corrected chi connectivity index (χ2v) is 5.22. The number of nitrogens with two attached hydrogens (primary N) is 1. The van der Waals surface area contributed by atoms with Crippen molar-refractivity contribution >= 4 is 23.5 Å². The van der Waals surface area contributed by atoms with E-state index >= 15 is 0 Å². The first-order valence-electron chi connectivity index (χ1n) is 6.47. The van der Waals surface area contributed by atoms with Gasteiger partial charge in [0.2, 0.25) is 5.91 Å². The molecule has 112 valence electrons. The van der Waals surface area contributed by atoms with E-state index in [2.05, 4.69) is 5.32 Å². The van der Waals surface area contributed by atoms with Crippen LogP contribution in [-0.4, -0.2) is 22.9 Å². The summed E-state index contributed by atoms with van der Waals surface area (Å²) in [5.41, 5.74) is 3.89. The molecule has 0 spiro atoms. The summed E-state index contributed by atoms with van der Waals surface area (Å²) in [7, 11) is 0. The Kier molecular flexibility index (Phi) is 3.93. The van der Waals surface area contributed by atoms with Gasteiger partial charge in [-0.3, -0.25) is 14.4 Å². The highest BCUT2D eigenvalue weighted by Gasteiger charge is 2.45. The highest BCUT2D eigenvalue weighted by Crippen LogP contribution is 2.44. The highest BCUT2D eigenvalue weighted by molar-refractivity contribution is 5.97. The van der Waals surface area contributed by atoms with Gasteiger partial charge in [0.15, 0.2) is 0 Å². The molecule has 21 heavy (non-hydrogen) atoms. The van der Waals surface area contributed by atoms with E-state index in [9.17, 15) is 18.8 Å².